The Morgan fingerprint density at radius 2 is 2.41 bits per heavy atom. The Morgan fingerprint density at radius 1 is 1.53 bits per heavy atom. The van der Waals surface area contributed by atoms with Crippen LogP contribution in [0, 0.1) is 0 Å². The average Bonchev–Trinajstić information content (AvgIpc) is 2.93. The zero-order valence-electron chi connectivity index (χ0n) is 9.76. The van der Waals surface area contributed by atoms with E-state index in [1.165, 1.54) is 24.4 Å². The summed E-state index contributed by atoms with van der Waals surface area (Å²) in [5.41, 5.74) is 1.10. The second kappa shape index (κ2) is 4.44. The maximum atomic E-state index is 4.48. The lowest BCUT2D eigenvalue weighted by Crippen LogP contribution is -2.05. The molecule has 0 unspecified atom stereocenters. The first kappa shape index (κ1) is 10.7. The molecule has 0 spiro atoms. The summed E-state index contributed by atoms with van der Waals surface area (Å²) in [4.78, 5) is 4.48. The number of nitrogens with zero attached hydrogens (tertiary/aromatic N) is 4. The van der Waals surface area contributed by atoms with Gasteiger partial charge < -0.3 is 5.32 Å². The van der Waals surface area contributed by atoms with Crippen LogP contribution in [-0.4, -0.2) is 25.7 Å². The van der Waals surface area contributed by atoms with Crippen LogP contribution in [0.2, 0.25) is 0 Å². The van der Waals surface area contributed by atoms with Crippen LogP contribution in [0.5, 0.6) is 0 Å². The summed E-state index contributed by atoms with van der Waals surface area (Å²) < 4.78 is 6.18. The molecule has 0 amide bonds. The van der Waals surface area contributed by atoms with Crippen LogP contribution in [0.15, 0.2) is 12.3 Å². The van der Waals surface area contributed by atoms with Gasteiger partial charge in [0, 0.05) is 43.7 Å². The fourth-order valence-electron chi connectivity index (χ4n) is 1.71. The molecular formula is C11H15N5S. The van der Waals surface area contributed by atoms with Crippen molar-refractivity contribution in [1.82, 2.24) is 19.1 Å². The molecule has 6 heteroatoms. The van der Waals surface area contributed by atoms with E-state index in [9.17, 15) is 0 Å². The van der Waals surface area contributed by atoms with Gasteiger partial charge >= 0.3 is 0 Å². The quantitative estimate of drug-likeness (QED) is 0.878. The molecule has 2 heterocycles. The largest absolute Gasteiger partial charge is 0.360 e. The van der Waals surface area contributed by atoms with Gasteiger partial charge in [0.25, 0.3) is 0 Å². The first-order valence-corrected chi connectivity index (χ1v) is 6.64. The normalized spacial score (nSPS) is 15.1. The van der Waals surface area contributed by atoms with Crippen molar-refractivity contribution in [3.63, 3.8) is 0 Å². The Morgan fingerprint density at radius 3 is 3.12 bits per heavy atom. The summed E-state index contributed by atoms with van der Waals surface area (Å²) >= 11 is 1.46. The molecule has 0 saturated heterocycles. The highest BCUT2D eigenvalue weighted by Gasteiger charge is 2.27. The van der Waals surface area contributed by atoms with Gasteiger partial charge in [-0.05, 0) is 18.9 Å². The molecule has 1 N–H and O–H groups in total. The van der Waals surface area contributed by atoms with E-state index in [0.29, 0.717) is 5.92 Å². The van der Waals surface area contributed by atoms with E-state index in [1.807, 2.05) is 24.0 Å². The summed E-state index contributed by atoms with van der Waals surface area (Å²) in [5.74, 6) is 1.66. The van der Waals surface area contributed by atoms with E-state index in [4.69, 9.17) is 0 Å². The Bertz CT molecular complexity index is 499. The van der Waals surface area contributed by atoms with Gasteiger partial charge in [-0.25, -0.2) is 4.98 Å². The van der Waals surface area contributed by atoms with Gasteiger partial charge in [-0.2, -0.15) is 9.47 Å². The smallest absolute Gasteiger partial charge is 0.202 e. The molecular weight excluding hydrogens is 234 g/mol. The lowest BCUT2D eigenvalue weighted by Gasteiger charge is -1.98. The average molecular weight is 249 g/mol. The minimum absolute atomic E-state index is 0.637. The predicted molar refractivity (Wildman–Crippen MR) is 67.3 cm³/mol. The molecule has 0 atom stereocenters. The second-order valence-corrected chi connectivity index (χ2v) is 5.14. The fraction of sp³-hybridized carbons (Fsp3) is 0.545. The van der Waals surface area contributed by atoms with Gasteiger partial charge in [-0.15, -0.1) is 0 Å². The third-order valence-corrected chi connectivity index (χ3v) is 3.50. The highest BCUT2D eigenvalue weighted by atomic mass is 32.1. The second-order valence-electron chi connectivity index (χ2n) is 4.39. The number of anilines is 1. The molecule has 5 nitrogen and oxygen atoms in total. The Labute approximate surface area is 104 Å². The van der Waals surface area contributed by atoms with E-state index < -0.39 is 0 Å². The van der Waals surface area contributed by atoms with Crippen molar-refractivity contribution < 1.29 is 0 Å². The van der Waals surface area contributed by atoms with Crippen LogP contribution in [0.3, 0.4) is 0 Å². The van der Waals surface area contributed by atoms with Crippen molar-refractivity contribution >= 4 is 16.7 Å². The van der Waals surface area contributed by atoms with Crippen molar-refractivity contribution in [1.29, 1.82) is 0 Å². The molecule has 0 aliphatic heterocycles. The van der Waals surface area contributed by atoms with Gasteiger partial charge in [0.15, 0.2) is 0 Å². The van der Waals surface area contributed by atoms with Crippen LogP contribution in [0.25, 0.3) is 0 Å². The number of rotatable bonds is 5. The molecule has 1 aliphatic carbocycles. The van der Waals surface area contributed by atoms with E-state index in [0.717, 1.165) is 29.6 Å². The van der Waals surface area contributed by atoms with E-state index >= 15 is 0 Å². The standard InChI is InChI=1S/C11H15N5S/c1-16-7-5-9(14-16)4-6-12-11-13-10(15-17-11)8-2-3-8/h5,7-8H,2-4,6H2,1H3,(H,12,13,15). The lowest BCUT2D eigenvalue weighted by atomic mass is 10.3. The van der Waals surface area contributed by atoms with Crippen molar-refractivity contribution in [2.75, 3.05) is 11.9 Å². The number of nitrogens with one attached hydrogen (secondary N) is 1. The molecule has 0 radical (unpaired) electrons. The van der Waals surface area contributed by atoms with Crippen LogP contribution >= 0.6 is 11.5 Å². The maximum Gasteiger partial charge on any atom is 0.202 e. The molecule has 17 heavy (non-hydrogen) atoms. The highest BCUT2D eigenvalue weighted by Crippen LogP contribution is 2.39. The first-order chi connectivity index (χ1) is 8.31. The Hall–Kier alpha value is -1.43. The molecule has 0 bridgehead atoms. The van der Waals surface area contributed by atoms with Crippen molar-refractivity contribution in [2.45, 2.75) is 25.2 Å². The number of hydrogen-bond acceptors (Lipinski definition) is 5. The number of hydrogen-bond donors (Lipinski definition) is 1. The third-order valence-electron chi connectivity index (χ3n) is 2.81. The number of aryl methyl sites for hydroxylation is 1. The topological polar surface area (TPSA) is 55.6 Å². The summed E-state index contributed by atoms with van der Waals surface area (Å²) in [6.45, 7) is 0.857. The predicted octanol–water partition coefficient (Wildman–Crippen LogP) is 1.80. The molecule has 2 aromatic rings. The monoisotopic (exact) mass is 249 g/mol. The van der Waals surface area contributed by atoms with Crippen LogP contribution in [-0.2, 0) is 13.5 Å². The lowest BCUT2D eigenvalue weighted by molar-refractivity contribution is 0.742. The molecule has 1 saturated carbocycles. The first-order valence-electron chi connectivity index (χ1n) is 5.87. The van der Waals surface area contributed by atoms with Crippen LogP contribution in [0.4, 0.5) is 5.13 Å². The zero-order valence-corrected chi connectivity index (χ0v) is 10.6. The van der Waals surface area contributed by atoms with E-state index in [2.05, 4.69) is 19.8 Å². The molecule has 0 aromatic carbocycles. The van der Waals surface area contributed by atoms with Crippen molar-refractivity contribution in [2.24, 2.45) is 7.05 Å². The minimum Gasteiger partial charge on any atom is -0.360 e. The minimum atomic E-state index is 0.637. The summed E-state index contributed by atoms with van der Waals surface area (Å²) in [5, 5.41) is 8.56. The summed E-state index contributed by atoms with van der Waals surface area (Å²) in [6.07, 6.45) is 5.39. The summed E-state index contributed by atoms with van der Waals surface area (Å²) in [6, 6.07) is 2.04. The molecule has 2 aromatic heterocycles. The van der Waals surface area contributed by atoms with Crippen LogP contribution in [0.1, 0.15) is 30.3 Å². The van der Waals surface area contributed by atoms with E-state index in [1.54, 1.807) is 0 Å². The van der Waals surface area contributed by atoms with Gasteiger partial charge in [0.2, 0.25) is 5.13 Å². The molecule has 1 aliphatic rings. The molecule has 3 rings (SSSR count). The highest BCUT2D eigenvalue weighted by molar-refractivity contribution is 7.09. The van der Waals surface area contributed by atoms with E-state index in [-0.39, 0.29) is 0 Å². The van der Waals surface area contributed by atoms with Gasteiger partial charge in [-0.1, -0.05) is 0 Å². The SMILES string of the molecule is Cn1ccc(CCNc2nc(C3CC3)ns2)n1. The Balaban J connectivity index is 1.49. The summed E-state index contributed by atoms with van der Waals surface area (Å²) in [7, 11) is 1.93. The van der Waals surface area contributed by atoms with Crippen molar-refractivity contribution in [3.8, 4) is 0 Å². The van der Waals surface area contributed by atoms with Gasteiger partial charge in [0.1, 0.15) is 5.82 Å². The van der Waals surface area contributed by atoms with Crippen molar-refractivity contribution in [3.05, 3.63) is 23.8 Å². The maximum absolute atomic E-state index is 4.48. The molecule has 90 valence electrons. The Kier molecular flexibility index (Phi) is 2.80. The molecule has 1 fully saturated rings. The zero-order chi connectivity index (χ0) is 11.7. The van der Waals surface area contributed by atoms with Gasteiger partial charge in [0.05, 0.1) is 5.69 Å². The third kappa shape index (κ3) is 2.63. The fourth-order valence-corrected chi connectivity index (χ4v) is 2.38. The van der Waals surface area contributed by atoms with Gasteiger partial charge in [-0.3, -0.25) is 4.68 Å². The number of aromatic nitrogens is 4. The van der Waals surface area contributed by atoms with Crippen LogP contribution < -0.4 is 5.32 Å².